The second-order valence-electron chi connectivity index (χ2n) is 6.39. The minimum absolute atomic E-state index is 0.00260. The first kappa shape index (κ1) is 13.7. The lowest BCUT2D eigenvalue weighted by atomic mass is 9.91. The van der Waals surface area contributed by atoms with E-state index in [2.05, 4.69) is 31.1 Å². The molecule has 94 valence electrons. The molecule has 0 aliphatic rings. The zero-order chi connectivity index (χ0) is 13.3. The van der Waals surface area contributed by atoms with Gasteiger partial charge < -0.3 is 5.32 Å². The van der Waals surface area contributed by atoms with E-state index in [0.717, 1.165) is 11.4 Å². The summed E-state index contributed by atoms with van der Waals surface area (Å²) in [6.07, 6.45) is 1.71. The van der Waals surface area contributed by atoms with E-state index in [1.165, 1.54) is 0 Å². The summed E-state index contributed by atoms with van der Waals surface area (Å²) in [6, 6.07) is 3.86. The second-order valence-corrected chi connectivity index (χ2v) is 6.39. The van der Waals surface area contributed by atoms with Crippen LogP contribution in [0.3, 0.4) is 0 Å². The Morgan fingerprint density at radius 1 is 1.12 bits per heavy atom. The normalized spacial score (nSPS) is 12.4. The first-order chi connectivity index (χ1) is 7.60. The molecule has 1 aromatic rings. The first-order valence-electron chi connectivity index (χ1n) is 5.89. The molecule has 1 amide bonds. The summed E-state index contributed by atoms with van der Waals surface area (Å²) in [4.78, 5) is 16.1. The Kier molecular flexibility index (Phi) is 3.60. The molecule has 1 rings (SSSR count). The highest BCUT2D eigenvalue weighted by Gasteiger charge is 2.21. The van der Waals surface area contributed by atoms with Gasteiger partial charge in [0.2, 0.25) is 5.91 Å². The first-order valence-corrected chi connectivity index (χ1v) is 5.89. The smallest absolute Gasteiger partial charge is 0.229 e. The minimum atomic E-state index is -0.386. The highest BCUT2D eigenvalue weighted by Crippen LogP contribution is 2.22. The largest absolute Gasteiger partial charge is 0.324 e. The van der Waals surface area contributed by atoms with E-state index in [0.29, 0.717) is 0 Å². The quantitative estimate of drug-likeness (QED) is 0.809. The molecule has 0 saturated carbocycles. The maximum absolute atomic E-state index is 11.8. The number of carbonyl (C=O) groups excluding carboxylic acids is 1. The van der Waals surface area contributed by atoms with Gasteiger partial charge in [-0.15, -0.1) is 0 Å². The SMILES string of the molecule is CC(C)(C)C(=O)Nc1ccc(C(C)(C)C)nc1. The number of aromatic nitrogens is 1. The van der Waals surface area contributed by atoms with Crippen molar-refractivity contribution in [1.82, 2.24) is 4.98 Å². The maximum atomic E-state index is 11.8. The molecule has 0 fully saturated rings. The molecule has 0 unspecified atom stereocenters. The molecule has 0 aliphatic carbocycles. The predicted molar refractivity (Wildman–Crippen MR) is 71.0 cm³/mol. The number of nitrogens with zero attached hydrogens (tertiary/aromatic N) is 1. The van der Waals surface area contributed by atoms with Crippen molar-refractivity contribution in [2.24, 2.45) is 5.41 Å². The zero-order valence-corrected chi connectivity index (χ0v) is 11.6. The molecule has 1 aromatic heterocycles. The van der Waals surface area contributed by atoms with E-state index in [1.54, 1.807) is 6.20 Å². The zero-order valence-electron chi connectivity index (χ0n) is 11.6. The average Bonchev–Trinajstić information content (AvgIpc) is 2.15. The fourth-order valence-corrected chi connectivity index (χ4v) is 1.23. The Morgan fingerprint density at radius 3 is 2.06 bits per heavy atom. The van der Waals surface area contributed by atoms with Crippen molar-refractivity contribution in [1.29, 1.82) is 0 Å². The topological polar surface area (TPSA) is 42.0 Å². The minimum Gasteiger partial charge on any atom is -0.324 e. The van der Waals surface area contributed by atoms with Crippen molar-refractivity contribution >= 4 is 11.6 Å². The summed E-state index contributed by atoms with van der Waals surface area (Å²) < 4.78 is 0. The summed E-state index contributed by atoms with van der Waals surface area (Å²) in [5.74, 6) is 0.00260. The highest BCUT2D eigenvalue weighted by molar-refractivity contribution is 5.94. The van der Waals surface area contributed by atoms with Crippen LogP contribution in [0.1, 0.15) is 47.2 Å². The molecule has 0 aliphatic heterocycles. The Labute approximate surface area is 104 Å². The number of carbonyl (C=O) groups is 1. The van der Waals surface area contributed by atoms with Gasteiger partial charge in [0.1, 0.15) is 0 Å². The number of nitrogens with one attached hydrogen (secondary N) is 1. The van der Waals surface area contributed by atoms with E-state index in [1.807, 2.05) is 32.9 Å². The summed E-state index contributed by atoms with van der Waals surface area (Å²) in [5.41, 5.74) is 1.42. The van der Waals surface area contributed by atoms with E-state index >= 15 is 0 Å². The van der Waals surface area contributed by atoms with Crippen LogP contribution < -0.4 is 5.32 Å². The molecule has 0 saturated heterocycles. The lowest BCUT2D eigenvalue weighted by Crippen LogP contribution is -2.27. The summed E-state index contributed by atoms with van der Waals surface area (Å²) >= 11 is 0. The molecule has 17 heavy (non-hydrogen) atoms. The second kappa shape index (κ2) is 4.47. The van der Waals surface area contributed by atoms with E-state index in [4.69, 9.17) is 0 Å². The monoisotopic (exact) mass is 234 g/mol. The van der Waals surface area contributed by atoms with Crippen molar-refractivity contribution < 1.29 is 4.79 Å². The maximum Gasteiger partial charge on any atom is 0.229 e. The van der Waals surface area contributed by atoms with Crippen LogP contribution in [-0.2, 0) is 10.2 Å². The number of hydrogen-bond donors (Lipinski definition) is 1. The molecule has 0 spiro atoms. The van der Waals surface area contributed by atoms with Crippen LogP contribution in [0.25, 0.3) is 0 Å². The molecule has 0 bridgehead atoms. The third-order valence-electron chi connectivity index (χ3n) is 2.47. The molecule has 3 heteroatoms. The highest BCUT2D eigenvalue weighted by atomic mass is 16.2. The third-order valence-corrected chi connectivity index (χ3v) is 2.47. The molecule has 0 radical (unpaired) electrons. The van der Waals surface area contributed by atoms with Gasteiger partial charge >= 0.3 is 0 Å². The van der Waals surface area contributed by atoms with Crippen molar-refractivity contribution in [2.45, 2.75) is 47.0 Å². The lowest BCUT2D eigenvalue weighted by molar-refractivity contribution is -0.123. The van der Waals surface area contributed by atoms with Gasteiger partial charge in [-0.05, 0) is 12.1 Å². The lowest BCUT2D eigenvalue weighted by Gasteiger charge is -2.19. The molecular formula is C14H22N2O. The van der Waals surface area contributed by atoms with Gasteiger partial charge in [0, 0.05) is 16.5 Å². The molecule has 0 atom stereocenters. The van der Waals surface area contributed by atoms with Crippen LogP contribution in [0.5, 0.6) is 0 Å². The van der Waals surface area contributed by atoms with Crippen molar-refractivity contribution in [3.05, 3.63) is 24.0 Å². The summed E-state index contributed by atoms with van der Waals surface area (Å²) in [7, 11) is 0. The Balaban J connectivity index is 2.80. The van der Waals surface area contributed by atoms with Gasteiger partial charge in [0.05, 0.1) is 11.9 Å². The van der Waals surface area contributed by atoms with Gasteiger partial charge in [-0.25, -0.2) is 0 Å². The van der Waals surface area contributed by atoms with E-state index in [-0.39, 0.29) is 16.7 Å². The third kappa shape index (κ3) is 3.84. The van der Waals surface area contributed by atoms with E-state index in [9.17, 15) is 4.79 Å². The molecular weight excluding hydrogens is 212 g/mol. The van der Waals surface area contributed by atoms with Crippen LogP contribution in [0.2, 0.25) is 0 Å². The molecule has 1 heterocycles. The fraction of sp³-hybridized carbons (Fsp3) is 0.571. The van der Waals surface area contributed by atoms with Gasteiger partial charge in [-0.1, -0.05) is 41.5 Å². The van der Waals surface area contributed by atoms with E-state index < -0.39 is 0 Å². The number of amides is 1. The van der Waals surface area contributed by atoms with Crippen LogP contribution >= 0.6 is 0 Å². The number of rotatable bonds is 1. The number of anilines is 1. The van der Waals surface area contributed by atoms with Crippen LogP contribution in [0, 0.1) is 5.41 Å². The molecule has 3 nitrogen and oxygen atoms in total. The van der Waals surface area contributed by atoms with Crippen molar-refractivity contribution in [2.75, 3.05) is 5.32 Å². The number of pyridine rings is 1. The van der Waals surface area contributed by atoms with Crippen molar-refractivity contribution in [3.63, 3.8) is 0 Å². The van der Waals surface area contributed by atoms with Gasteiger partial charge in [0.25, 0.3) is 0 Å². The molecule has 1 N–H and O–H groups in total. The Bertz CT molecular complexity index is 394. The van der Waals surface area contributed by atoms with Crippen LogP contribution in [-0.4, -0.2) is 10.9 Å². The Morgan fingerprint density at radius 2 is 1.71 bits per heavy atom. The predicted octanol–water partition coefficient (Wildman–Crippen LogP) is 3.36. The van der Waals surface area contributed by atoms with Crippen LogP contribution in [0.15, 0.2) is 18.3 Å². The summed E-state index contributed by atoms with van der Waals surface area (Å²) in [6.45, 7) is 12.0. The van der Waals surface area contributed by atoms with Gasteiger partial charge in [0.15, 0.2) is 0 Å². The molecule has 0 aromatic carbocycles. The standard InChI is InChI=1S/C14H22N2O/c1-13(2,3)11-8-7-10(9-15-11)16-12(17)14(4,5)6/h7-9H,1-6H3,(H,16,17). The fourth-order valence-electron chi connectivity index (χ4n) is 1.23. The van der Waals surface area contributed by atoms with Crippen molar-refractivity contribution in [3.8, 4) is 0 Å². The average molecular weight is 234 g/mol. The summed E-state index contributed by atoms with van der Waals surface area (Å²) in [5, 5.41) is 2.86. The van der Waals surface area contributed by atoms with Crippen LogP contribution in [0.4, 0.5) is 5.69 Å². The number of hydrogen-bond acceptors (Lipinski definition) is 2. The van der Waals surface area contributed by atoms with Gasteiger partial charge in [-0.3, -0.25) is 9.78 Å². The van der Waals surface area contributed by atoms with Gasteiger partial charge in [-0.2, -0.15) is 0 Å². The Hall–Kier alpha value is -1.38.